The number of carbonyl (C=O) groups excluding carboxylic acids is 2. The van der Waals surface area contributed by atoms with E-state index in [1.54, 1.807) is 7.11 Å². The Kier molecular flexibility index (Phi) is 4.16. The van der Waals surface area contributed by atoms with Gasteiger partial charge in [-0.15, -0.1) is 0 Å². The fourth-order valence-electron chi connectivity index (χ4n) is 3.10. The van der Waals surface area contributed by atoms with E-state index in [1.165, 1.54) is 0 Å². The summed E-state index contributed by atoms with van der Waals surface area (Å²) >= 11 is 0. The minimum Gasteiger partial charge on any atom is -0.504 e. The largest absolute Gasteiger partial charge is 0.504 e. The highest BCUT2D eigenvalue weighted by atomic mass is 16.5. The number of hydrogen-bond donors (Lipinski definition) is 4. The summed E-state index contributed by atoms with van der Waals surface area (Å²) in [6.07, 6.45) is 2.56. The van der Waals surface area contributed by atoms with Crippen molar-refractivity contribution in [1.82, 2.24) is 16.0 Å². The summed E-state index contributed by atoms with van der Waals surface area (Å²) in [5.41, 5.74) is 1.87. The van der Waals surface area contributed by atoms with Crippen molar-refractivity contribution in [3.63, 3.8) is 0 Å². The van der Waals surface area contributed by atoms with Crippen molar-refractivity contribution in [2.75, 3.05) is 7.11 Å². The minimum absolute atomic E-state index is 0.00499. The van der Waals surface area contributed by atoms with Crippen LogP contribution in [0.15, 0.2) is 41.9 Å². The maximum atomic E-state index is 12.5. The zero-order valence-corrected chi connectivity index (χ0v) is 13.3. The fraction of sp³-hybridized carbons (Fsp3) is 0.294. The van der Waals surface area contributed by atoms with Gasteiger partial charge in [0.25, 0.3) is 5.91 Å². The summed E-state index contributed by atoms with van der Waals surface area (Å²) in [6, 6.07) is 4.92. The molecule has 0 aromatic heterocycles. The molecule has 3 amide bonds. The predicted molar refractivity (Wildman–Crippen MR) is 87.3 cm³/mol. The molecule has 7 nitrogen and oxygen atoms in total. The Labute approximate surface area is 139 Å². The lowest BCUT2D eigenvalue weighted by Crippen LogP contribution is -2.46. The summed E-state index contributed by atoms with van der Waals surface area (Å²) < 4.78 is 5.39. The van der Waals surface area contributed by atoms with Crippen LogP contribution < -0.4 is 20.7 Å². The topological polar surface area (TPSA) is 99.7 Å². The number of hydrogen-bond acceptors (Lipinski definition) is 4. The lowest BCUT2D eigenvalue weighted by molar-refractivity contribution is -0.118. The number of fused-ring (bicyclic) bond motifs is 1. The summed E-state index contributed by atoms with van der Waals surface area (Å²) in [5, 5.41) is 17.4. The van der Waals surface area contributed by atoms with E-state index < -0.39 is 11.9 Å². The van der Waals surface area contributed by atoms with Crippen LogP contribution >= 0.6 is 0 Å². The Balaban J connectivity index is 1.86. The van der Waals surface area contributed by atoms with Gasteiger partial charge in [-0.2, -0.15) is 0 Å². The maximum Gasteiger partial charge on any atom is 0.324 e. The Morgan fingerprint density at radius 2 is 2.21 bits per heavy atom. The molecule has 1 heterocycles. The van der Waals surface area contributed by atoms with E-state index in [0.717, 1.165) is 36.1 Å². The maximum absolute atomic E-state index is 12.5. The highest BCUT2D eigenvalue weighted by molar-refractivity contribution is 6.00. The number of aliphatic hydroxyl groups is 1. The van der Waals surface area contributed by atoms with E-state index in [9.17, 15) is 14.7 Å². The van der Waals surface area contributed by atoms with Crippen LogP contribution in [0, 0.1) is 0 Å². The molecular formula is C17H19N3O4. The standard InChI is InChI=1S/C17H19N3O4/c1-9-15(21)14(20-17(23)18-9)16(22)19-12-7-3-6-11-10(12)5-4-8-13(11)24-2/h4-5,8,12,21H,1,3,6-7H2,2H3,(H,19,22)(H2,18,20,23)/t12-/m1/s1. The molecule has 1 aromatic carbocycles. The summed E-state index contributed by atoms with van der Waals surface area (Å²) in [6.45, 7) is 3.51. The van der Waals surface area contributed by atoms with Gasteiger partial charge in [0.05, 0.1) is 18.8 Å². The van der Waals surface area contributed by atoms with E-state index in [-0.39, 0.29) is 23.2 Å². The van der Waals surface area contributed by atoms with Crippen molar-refractivity contribution < 1.29 is 19.4 Å². The molecule has 126 valence electrons. The zero-order valence-electron chi connectivity index (χ0n) is 13.3. The lowest BCUT2D eigenvalue weighted by atomic mass is 9.87. The number of amides is 3. The zero-order chi connectivity index (χ0) is 17.3. The van der Waals surface area contributed by atoms with Crippen molar-refractivity contribution in [3.8, 4) is 5.75 Å². The minimum atomic E-state index is -0.603. The van der Waals surface area contributed by atoms with Crippen LogP contribution in [-0.2, 0) is 11.2 Å². The van der Waals surface area contributed by atoms with Gasteiger partial charge in [0.2, 0.25) is 0 Å². The van der Waals surface area contributed by atoms with Crippen molar-refractivity contribution in [2.45, 2.75) is 25.3 Å². The molecule has 2 aliphatic rings. The van der Waals surface area contributed by atoms with E-state index in [0.29, 0.717) is 0 Å². The highest BCUT2D eigenvalue weighted by Crippen LogP contribution is 2.35. The van der Waals surface area contributed by atoms with Gasteiger partial charge in [-0.05, 0) is 36.5 Å². The van der Waals surface area contributed by atoms with Crippen LogP contribution in [0.3, 0.4) is 0 Å². The first kappa shape index (κ1) is 15.9. The molecule has 0 saturated carbocycles. The predicted octanol–water partition coefficient (Wildman–Crippen LogP) is 1.78. The summed E-state index contributed by atoms with van der Waals surface area (Å²) in [7, 11) is 1.62. The molecule has 4 N–H and O–H groups in total. The Hall–Kier alpha value is -2.96. The second-order valence-electron chi connectivity index (χ2n) is 5.73. The van der Waals surface area contributed by atoms with Crippen molar-refractivity contribution >= 4 is 11.9 Å². The van der Waals surface area contributed by atoms with Crippen LogP contribution in [0.4, 0.5) is 4.79 Å². The number of ether oxygens (including phenoxy) is 1. The van der Waals surface area contributed by atoms with Crippen molar-refractivity contribution in [1.29, 1.82) is 0 Å². The summed E-state index contributed by atoms with van der Waals surface area (Å²) in [5.74, 6) is -0.116. The smallest absolute Gasteiger partial charge is 0.324 e. The second kappa shape index (κ2) is 6.27. The van der Waals surface area contributed by atoms with Crippen LogP contribution in [0.2, 0.25) is 0 Å². The van der Waals surface area contributed by atoms with Gasteiger partial charge < -0.3 is 20.5 Å². The normalized spacial score (nSPS) is 20.0. The molecule has 1 aliphatic carbocycles. The third kappa shape index (κ3) is 2.80. The van der Waals surface area contributed by atoms with E-state index in [4.69, 9.17) is 4.74 Å². The molecular weight excluding hydrogens is 310 g/mol. The van der Waals surface area contributed by atoms with Gasteiger partial charge in [-0.1, -0.05) is 18.7 Å². The number of urea groups is 1. The van der Waals surface area contributed by atoms with Crippen LogP contribution in [0.25, 0.3) is 0 Å². The van der Waals surface area contributed by atoms with Crippen LogP contribution in [0.5, 0.6) is 5.75 Å². The Morgan fingerprint density at radius 3 is 2.96 bits per heavy atom. The monoisotopic (exact) mass is 329 g/mol. The van der Waals surface area contributed by atoms with Gasteiger partial charge in [-0.3, -0.25) is 10.1 Å². The van der Waals surface area contributed by atoms with Crippen molar-refractivity contribution in [3.05, 3.63) is 53.1 Å². The number of aliphatic hydroxyl groups excluding tert-OH is 1. The van der Waals surface area contributed by atoms with Crippen molar-refractivity contribution in [2.24, 2.45) is 0 Å². The molecule has 1 aromatic rings. The van der Waals surface area contributed by atoms with Gasteiger partial charge in [0, 0.05) is 0 Å². The number of carbonyl (C=O) groups is 2. The first-order valence-corrected chi connectivity index (χ1v) is 7.68. The lowest BCUT2D eigenvalue weighted by Gasteiger charge is -2.28. The molecule has 7 heteroatoms. The molecule has 3 rings (SSSR count). The van der Waals surface area contributed by atoms with Gasteiger partial charge in [0.15, 0.2) is 11.5 Å². The molecule has 0 radical (unpaired) electrons. The number of methoxy groups -OCH3 is 1. The molecule has 24 heavy (non-hydrogen) atoms. The van der Waals surface area contributed by atoms with Gasteiger partial charge in [0.1, 0.15) is 5.75 Å². The average Bonchev–Trinajstić information content (AvgIpc) is 2.57. The number of benzene rings is 1. The molecule has 0 fully saturated rings. The average molecular weight is 329 g/mol. The van der Waals surface area contributed by atoms with Crippen LogP contribution in [-0.4, -0.2) is 24.2 Å². The number of nitrogens with one attached hydrogen (secondary N) is 3. The first-order valence-electron chi connectivity index (χ1n) is 7.68. The van der Waals surface area contributed by atoms with Gasteiger partial charge >= 0.3 is 6.03 Å². The molecule has 0 bridgehead atoms. The van der Waals surface area contributed by atoms with E-state index in [2.05, 4.69) is 22.5 Å². The quantitative estimate of drug-likeness (QED) is 0.679. The molecule has 1 atom stereocenters. The third-order valence-electron chi connectivity index (χ3n) is 4.24. The Morgan fingerprint density at radius 1 is 1.42 bits per heavy atom. The third-order valence-corrected chi connectivity index (χ3v) is 4.24. The molecule has 0 spiro atoms. The molecule has 0 saturated heterocycles. The summed E-state index contributed by atoms with van der Waals surface area (Å²) in [4.78, 5) is 24.0. The van der Waals surface area contributed by atoms with Crippen LogP contribution in [0.1, 0.15) is 30.0 Å². The first-order chi connectivity index (χ1) is 11.5. The highest BCUT2D eigenvalue weighted by Gasteiger charge is 2.29. The molecule has 0 unspecified atom stereocenters. The Bertz CT molecular complexity index is 754. The number of rotatable bonds is 3. The fourth-order valence-corrected chi connectivity index (χ4v) is 3.10. The molecule has 1 aliphatic heterocycles. The second-order valence-corrected chi connectivity index (χ2v) is 5.73. The SMILES string of the molecule is C=C1NC(=O)NC(C(=O)N[C@@H]2CCCc3c(OC)cccc32)=C1O. The van der Waals surface area contributed by atoms with E-state index >= 15 is 0 Å². The van der Waals surface area contributed by atoms with E-state index in [1.807, 2.05) is 18.2 Å². The van der Waals surface area contributed by atoms with Gasteiger partial charge in [-0.25, -0.2) is 4.79 Å².